The summed E-state index contributed by atoms with van der Waals surface area (Å²) >= 11 is 18.9. The van der Waals surface area contributed by atoms with Gasteiger partial charge in [-0.05, 0) is 87.8 Å². The number of epoxide rings is 1. The van der Waals surface area contributed by atoms with E-state index in [0.29, 0.717) is 31.4 Å². The summed E-state index contributed by atoms with van der Waals surface area (Å²) in [6.45, 7) is 9.26. The number of nitrogens with two attached hydrogens (primary N) is 1. The number of rotatable bonds is 19. The van der Waals surface area contributed by atoms with Gasteiger partial charge in [0.25, 0.3) is 11.8 Å². The minimum atomic E-state index is -1.94. The van der Waals surface area contributed by atoms with E-state index in [2.05, 4.69) is 37.2 Å². The van der Waals surface area contributed by atoms with Crippen molar-refractivity contribution in [2.24, 2.45) is 17.6 Å². The lowest BCUT2D eigenvalue weighted by molar-refractivity contribution is -0.142. The standard InChI is InChI=1S/C55H71Cl2FN10O14S/c1-28(2)46(65-51(83)61-18-9-10-20-68-42(69)16-17-43(68)70)49(73)62-34(14-12-19-60-50(59)74)48(72)63-36-24-32(56)35(25-33(36)58)64-52(75)81-41-26-44(71)67(6)37-22-31(23-38(78-7)45(37)57)21-29(3)13-11-15-40(79-8)55(77)27-39(80-53(76)66-55)30(4)47-54(41,5)82-47/h11,13,15-17,22-25,28,30,34,39-41,46-47,77H,9-10,12,14,18-21,26-27H2,1-8H3,(H,62,73)(H,63,72)(H,64,75)(H,66,76)(H3,59,60,74)(H2,61,65,83)/b15-11+,29-13+/t30-,34+,39+,40-,41+,46+,47+,54+,55+/m1/s1. The first-order valence-corrected chi connectivity index (χ1v) is 27.9. The van der Waals surface area contributed by atoms with Crippen LogP contribution in [0.25, 0.3) is 0 Å². The molecule has 0 spiro atoms. The molecule has 0 radical (unpaired) electrons. The predicted octanol–water partition coefficient (Wildman–Crippen LogP) is 5.23. The molecule has 0 saturated carbocycles. The fraction of sp³-hybridized carbons (Fsp3) is 0.509. The van der Waals surface area contributed by atoms with Crippen molar-refractivity contribution in [3.05, 3.63) is 81.6 Å². The summed E-state index contributed by atoms with van der Waals surface area (Å²) in [5.41, 5.74) is 2.94. The highest BCUT2D eigenvalue weighted by Gasteiger charge is 2.64. The molecule has 2 aromatic rings. The van der Waals surface area contributed by atoms with Crippen LogP contribution in [0.15, 0.2) is 60.2 Å². The zero-order valence-electron chi connectivity index (χ0n) is 47.2. The number of aliphatic hydroxyl groups is 1. The number of nitrogens with zero attached hydrogens (tertiary/aromatic N) is 2. The zero-order chi connectivity index (χ0) is 61.1. The Balaban J connectivity index is 1.18. The molecule has 0 unspecified atom stereocenters. The van der Waals surface area contributed by atoms with Crippen LogP contribution in [0.5, 0.6) is 5.75 Å². The smallest absolute Gasteiger partial charge is 0.412 e. The molecule has 0 aliphatic carbocycles. The Hall–Kier alpha value is -7.10. The topological polar surface area (TPSA) is 323 Å². The Morgan fingerprint density at radius 3 is 2.34 bits per heavy atom. The molecule has 4 heterocycles. The Bertz CT molecular complexity index is 2920. The van der Waals surface area contributed by atoms with Gasteiger partial charge in [-0.25, -0.2) is 18.8 Å². The van der Waals surface area contributed by atoms with Crippen LogP contribution in [0.2, 0.25) is 10.0 Å². The molecule has 10 N–H and O–H groups in total. The van der Waals surface area contributed by atoms with Crippen LogP contribution < -0.4 is 52.6 Å². The number of amides is 9. The van der Waals surface area contributed by atoms with Crippen molar-refractivity contribution in [3.63, 3.8) is 0 Å². The minimum Gasteiger partial charge on any atom is -0.495 e. The van der Waals surface area contributed by atoms with Crippen molar-refractivity contribution in [1.82, 2.24) is 31.5 Å². The van der Waals surface area contributed by atoms with Gasteiger partial charge in [0.05, 0.1) is 41.7 Å². The van der Waals surface area contributed by atoms with E-state index >= 15 is 4.39 Å². The number of hydrogen-bond donors (Lipinski definition) is 9. The van der Waals surface area contributed by atoms with Crippen molar-refractivity contribution in [2.45, 2.75) is 127 Å². The van der Waals surface area contributed by atoms with Gasteiger partial charge in [-0.1, -0.05) is 67.8 Å². The van der Waals surface area contributed by atoms with E-state index in [1.807, 2.05) is 6.92 Å². The lowest BCUT2D eigenvalue weighted by Crippen LogP contribution is -2.63. The molecule has 2 saturated heterocycles. The Labute approximate surface area is 495 Å². The van der Waals surface area contributed by atoms with E-state index in [-0.39, 0.29) is 82.4 Å². The monoisotopic (exact) mass is 1220 g/mol. The zero-order valence-corrected chi connectivity index (χ0v) is 49.5. The molecule has 28 heteroatoms. The molecule has 9 amide bonds. The number of hydrogen-bond acceptors (Lipinski definition) is 15. The van der Waals surface area contributed by atoms with Crippen molar-refractivity contribution in [3.8, 4) is 5.75 Å². The fourth-order valence-electron chi connectivity index (χ4n) is 9.86. The Morgan fingerprint density at radius 1 is 0.976 bits per heavy atom. The molecule has 6 rings (SSSR count). The maximum absolute atomic E-state index is 16.1. The summed E-state index contributed by atoms with van der Waals surface area (Å²) in [4.78, 5) is 107. The molecule has 452 valence electrons. The number of nitrogens with one attached hydrogen (secondary N) is 7. The summed E-state index contributed by atoms with van der Waals surface area (Å²) in [5.74, 6) is -4.73. The Morgan fingerprint density at radius 2 is 1.67 bits per heavy atom. The quantitative estimate of drug-likeness (QED) is 0.0376. The van der Waals surface area contributed by atoms with Crippen LogP contribution in [-0.4, -0.2) is 152 Å². The Kier molecular flexibility index (Phi) is 22.3. The number of carbonyl (C=O) groups excluding carboxylic acids is 8. The maximum atomic E-state index is 16.1. The van der Waals surface area contributed by atoms with Gasteiger partial charge in [-0.3, -0.25) is 39.5 Å². The van der Waals surface area contributed by atoms with E-state index in [1.165, 1.54) is 38.3 Å². The first-order chi connectivity index (χ1) is 39.2. The van der Waals surface area contributed by atoms with Crippen molar-refractivity contribution in [1.29, 1.82) is 0 Å². The van der Waals surface area contributed by atoms with Crippen LogP contribution in [0.3, 0.4) is 0 Å². The highest BCUT2D eigenvalue weighted by molar-refractivity contribution is 7.80. The van der Waals surface area contributed by atoms with Gasteiger partial charge in [-0.15, -0.1) is 0 Å². The number of allylic oxidation sites excluding steroid dienone is 3. The number of anilines is 3. The molecular weight excluding hydrogens is 1150 g/mol. The van der Waals surface area contributed by atoms with Crippen LogP contribution in [0.4, 0.5) is 35.8 Å². The predicted molar refractivity (Wildman–Crippen MR) is 309 cm³/mol. The van der Waals surface area contributed by atoms with E-state index in [1.54, 1.807) is 58.1 Å². The maximum Gasteiger partial charge on any atom is 0.412 e. The van der Waals surface area contributed by atoms with Gasteiger partial charge in [0.1, 0.15) is 52.6 Å². The van der Waals surface area contributed by atoms with E-state index in [0.717, 1.165) is 22.6 Å². The number of thiocarbonyl (C=S) groups is 1. The third-order valence-corrected chi connectivity index (χ3v) is 15.5. The lowest BCUT2D eigenvalue weighted by atomic mass is 9.83. The van der Waals surface area contributed by atoms with Crippen LogP contribution in [0, 0.1) is 17.7 Å². The van der Waals surface area contributed by atoms with Crippen LogP contribution in [0.1, 0.15) is 78.7 Å². The van der Waals surface area contributed by atoms with E-state index < -0.39 is 108 Å². The van der Waals surface area contributed by atoms with Gasteiger partial charge in [-0.2, -0.15) is 0 Å². The second-order valence-electron chi connectivity index (χ2n) is 21.1. The number of primary amides is 1. The fourth-order valence-corrected chi connectivity index (χ4v) is 10.6. The minimum absolute atomic E-state index is 0.0270. The molecular formula is C55H71Cl2FN10O14S. The molecule has 4 aliphatic heterocycles. The van der Waals surface area contributed by atoms with Gasteiger partial charge >= 0.3 is 18.2 Å². The third kappa shape index (κ3) is 16.8. The first-order valence-electron chi connectivity index (χ1n) is 26.8. The number of ether oxygens (including phenoxy) is 5. The molecule has 83 heavy (non-hydrogen) atoms. The highest BCUT2D eigenvalue weighted by Crippen LogP contribution is 2.49. The second-order valence-corrected chi connectivity index (χ2v) is 22.3. The van der Waals surface area contributed by atoms with Gasteiger partial charge < -0.3 is 66.0 Å². The molecule has 2 aromatic carbocycles. The summed E-state index contributed by atoms with van der Waals surface area (Å²) in [6, 6.07) is 2.17. The number of fused-ring (bicyclic) bond motifs is 5. The summed E-state index contributed by atoms with van der Waals surface area (Å²) < 4.78 is 45.3. The number of methoxy groups -OCH3 is 2. The van der Waals surface area contributed by atoms with Crippen molar-refractivity contribution < 1.29 is 71.5 Å². The number of halogens is 3. The van der Waals surface area contributed by atoms with Gasteiger partial charge in [0.2, 0.25) is 17.7 Å². The number of benzene rings is 2. The number of unbranched alkanes of at least 4 members (excludes halogenated alkanes) is 1. The number of alkyl carbamates (subject to hydrolysis) is 1. The third-order valence-electron chi connectivity index (χ3n) is 14.6. The van der Waals surface area contributed by atoms with E-state index in [4.69, 9.17) is 64.8 Å². The molecule has 0 aromatic heterocycles. The largest absolute Gasteiger partial charge is 0.495 e. The van der Waals surface area contributed by atoms with Gasteiger partial charge in [0, 0.05) is 64.3 Å². The summed E-state index contributed by atoms with van der Waals surface area (Å²) in [6.07, 6.45) is 1.93. The second kappa shape index (κ2) is 28.5. The SMILES string of the molecule is COc1cc2cc(c1Cl)N(C)C(=O)C[C@H](OC(=O)Nc1cc(F)c(NC(=O)[C@H](CCCNC(N)=O)NC(=O)[C@@H](NC(=S)NCCCCN3C(=O)C=CC3=O)C(C)C)cc1Cl)[C@]1(C)O[C@H]1[C@H](C)[C@@H]1C[C@@](O)(NC(=O)O1)[C@H](OC)/C=C/C=C(\C)C2. The lowest BCUT2D eigenvalue weighted by Gasteiger charge is -2.42. The summed E-state index contributed by atoms with van der Waals surface area (Å²) in [5, 5.41) is 30.2. The number of urea groups is 1. The summed E-state index contributed by atoms with van der Waals surface area (Å²) in [7, 11) is 4.30. The number of imide groups is 1. The average molecular weight is 1220 g/mol. The molecule has 4 aliphatic rings. The average Bonchev–Trinajstić information content (AvgIpc) is 3.38. The molecule has 4 bridgehead atoms. The van der Waals surface area contributed by atoms with Crippen LogP contribution >= 0.6 is 35.4 Å². The van der Waals surface area contributed by atoms with E-state index in [9.17, 15) is 43.5 Å². The van der Waals surface area contributed by atoms with Crippen LogP contribution in [-0.2, 0) is 49.3 Å². The van der Waals surface area contributed by atoms with Crippen molar-refractivity contribution in [2.75, 3.05) is 56.4 Å². The van der Waals surface area contributed by atoms with Crippen molar-refractivity contribution >= 4 is 105 Å². The molecule has 24 nitrogen and oxygen atoms in total. The normalized spacial score (nSPS) is 25.1. The molecule has 2 fully saturated rings. The molecule has 9 atom stereocenters. The highest BCUT2D eigenvalue weighted by atomic mass is 35.5. The van der Waals surface area contributed by atoms with Gasteiger partial charge in [0.15, 0.2) is 10.8 Å². The number of carbonyl (C=O) groups is 8. The first kappa shape index (κ1) is 65.1.